The van der Waals surface area contributed by atoms with Gasteiger partial charge in [-0.3, -0.25) is 4.79 Å². The molecule has 3 nitrogen and oxygen atoms in total. The van der Waals surface area contributed by atoms with E-state index in [9.17, 15) is 4.79 Å². The lowest BCUT2D eigenvalue weighted by Crippen LogP contribution is -1.94. The highest BCUT2D eigenvalue weighted by Gasteiger charge is 2.07. The molecule has 3 heteroatoms. The fourth-order valence-electron chi connectivity index (χ4n) is 2.08. The van der Waals surface area contributed by atoms with Crippen LogP contribution in [0.2, 0.25) is 0 Å². The number of hydrogen-bond acceptors (Lipinski definition) is 3. The van der Waals surface area contributed by atoms with Crippen molar-refractivity contribution in [2.24, 2.45) is 0 Å². The quantitative estimate of drug-likeness (QED) is 0.758. The van der Waals surface area contributed by atoms with Crippen LogP contribution in [0.5, 0.6) is 11.5 Å². The van der Waals surface area contributed by atoms with Crippen molar-refractivity contribution in [3.05, 3.63) is 78.4 Å². The van der Waals surface area contributed by atoms with E-state index in [1.54, 1.807) is 20.3 Å². The van der Waals surface area contributed by atoms with Crippen LogP contribution in [0.25, 0.3) is 5.57 Å². The first kappa shape index (κ1) is 15.6. The molecule has 0 N–H and O–H groups in total. The second-order valence-corrected chi connectivity index (χ2v) is 4.62. The Bertz CT molecular complexity index is 630. The molecule has 0 saturated carbocycles. The van der Waals surface area contributed by atoms with Crippen molar-refractivity contribution in [3.63, 3.8) is 0 Å². The number of ketones is 1. The molecule has 0 amide bonds. The van der Waals surface area contributed by atoms with Crippen molar-refractivity contribution >= 4 is 11.4 Å². The summed E-state index contributed by atoms with van der Waals surface area (Å²) in [4.78, 5) is 11.8. The van der Waals surface area contributed by atoms with Gasteiger partial charge in [0, 0.05) is 0 Å². The monoisotopic (exact) mass is 294 g/mol. The first-order valence-corrected chi connectivity index (χ1v) is 6.85. The molecule has 2 aromatic carbocycles. The molecule has 0 aliphatic heterocycles. The highest BCUT2D eigenvalue weighted by atomic mass is 16.5. The van der Waals surface area contributed by atoms with Crippen LogP contribution in [0, 0.1) is 0 Å². The SMILES string of the molecule is C=CC(=O)C=C(c1ccc(OC)cc1)c1ccc(OC)cc1. The van der Waals surface area contributed by atoms with Crippen LogP contribution in [-0.2, 0) is 4.79 Å². The maximum Gasteiger partial charge on any atom is 0.178 e. The Hall–Kier alpha value is -2.81. The molecule has 112 valence electrons. The van der Waals surface area contributed by atoms with Gasteiger partial charge in [-0.15, -0.1) is 0 Å². The van der Waals surface area contributed by atoms with Crippen molar-refractivity contribution in [1.82, 2.24) is 0 Å². The minimum atomic E-state index is -0.137. The van der Waals surface area contributed by atoms with Gasteiger partial charge in [-0.1, -0.05) is 30.8 Å². The smallest absolute Gasteiger partial charge is 0.178 e. The van der Waals surface area contributed by atoms with E-state index in [1.165, 1.54) is 6.08 Å². The van der Waals surface area contributed by atoms with Gasteiger partial charge in [0.05, 0.1) is 14.2 Å². The number of hydrogen-bond donors (Lipinski definition) is 0. The third-order valence-corrected chi connectivity index (χ3v) is 3.29. The standard InChI is InChI=1S/C19H18O3/c1-4-16(20)13-19(14-5-9-17(21-2)10-6-14)15-7-11-18(22-3)12-8-15/h4-13H,1H2,2-3H3. The van der Waals surface area contributed by atoms with Crippen LogP contribution in [0.1, 0.15) is 11.1 Å². The number of benzene rings is 2. The van der Waals surface area contributed by atoms with E-state index >= 15 is 0 Å². The summed E-state index contributed by atoms with van der Waals surface area (Å²) in [5, 5.41) is 0. The molecule has 0 atom stereocenters. The molecule has 2 rings (SSSR count). The first-order chi connectivity index (χ1) is 10.7. The third kappa shape index (κ3) is 3.64. The third-order valence-electron chi connectivity index (χ3n) is 3.29. The van der Waals surface area contributed by atoms with Crippen molar-refractivity contribution in [1.29, 1.82) is 0 Å². The van der Waals surface area contributed by atoms with Crippen molar-refractivity contribution < 1.29 is 14.3 Å². The van der Waals surface area contributed by atoms with E-state index in [1.807, 2.05) is 48.5 Å². The molecule has 2 aromatic rings. The number of rotatable bonds is 6. The topological polar surface area (TPSA) is 35.5 Å². The largest absolute Gasteiger partial charge is 0.497 e. The predicted octanol–water partition coefficient (Wildman–Crippen LogP) is 3.89. The van der Waals surface area contributed by atoms with E-state index in [0.29, 0.717) is 0 Å². The second-order valence-electron chi connectivity index (χ2n) is 4.62. The van der Waals surface area contributed by atoms with Gasteiger partial charge in [0.2, 0.25) is 0 Å². The minimum Gasteiger partial charge on any atom is -0.497 e. The summed E-state index contributed by atoms with van der Waals surface area (Å²) < 4.78 is 10.3. The van der Waals surface area contributed by atoms with E-state index in [0.717, 1.165) is 28.2 Å². The van der Waals surface area contributed by atoms with Crippen LogP contribution in [-0.4, -0.2) is 20.0 Å². The van der Waals surface area contributed by atoms with Crippen LogP contribution in [0.15, 0.2) is 67.3 Å². The van der Waals surface area contributed by atoms with E-state index in [4.69, 9.17) is 9.47 Å². The van der Waals surface area contributed by atoms with Gasteiger partial charge in [-0.05, 0) is 53.1 Å². The highest BCUT2D eigenvalue weighted by Crippen LogP contribution is 2.27. The Morgan fingerprint density at radius 2 is 1.27 bits per heavy atom. The Labute approximate surface area is 130 Å². The molecule has 0 aromatic heterocycles. The maximum absolute atomic E-state index is 11.8. The average molecular weight is 294 g/mol. The number of ether oxygens (including phenoxy) is 2. The van der Waals surface area contributed by atoms with E-state index in [-0.39, 0.29) is 5.78 Å². The van der Waals surface area contributed by atoms with Crippen molar-refractivity contribution in [2.45, 2.75) is 0 Å². The second kappa shape index (κ2) is 7.27. The van der Waals surface area contributed by atoms with Gasteiger partial charge < -0.3 is 9.47 Å². The van der Waals surface area contributed by atoms with Gasteiger partial charge >= 0.3 is 0 Å². The molecule has 0 radical (unpaired) electrons. The van der Waals surface area contributed by atoms with Crippen LogP contribution < -0.4 is 9.47 Å². The molecule has 22 heavy (non-hydrogen) atoms. The summed E-state index contributed by atoms with van der Waals surface area (Å²) >= 11 is 0. The van der Waals surface area contributed by atoms with Crippen LogP contribution in [0.4, 0.5) is 0 Å². The highest BCUT2D eigenvalue weighted by molar-refractivity contribution is 6.06. The molecular formula is C19H18O3. The van der Waals surface area contributed by atoms with E-state index < -0.39 is 0 Å². The summed E-state index contributed by atoms with van der Waals surface area (Å²) in [6.45, 7) is 3.52. The summed E-state index contributed by atoms with van der Waals surface area (Å²) in [5.74, 6) is 1.40. The molecule has 0 saturated heterocycles. The molecule has 0 spiro atoms. The van der Waals surface area contributed by atoms with Crippen molar-refractivity contribution in [2.75, 3.05) is 14.2 Å². The maximum atomic E-state index is 11.8. The zero-order valence-electron chi connectivity index (χ0n) is 12.7. The Morgan fingerprint density at radius 1 is 0.864 bits per heavy atom. The molecular weight excluding hydrogens is 276 g/mol. The summed E-state index contributed by atoms with van der Waals surface area (Å²) in [7, 11) is 3.24. The lowest BCUT2D eigenvalue weighted by Gasteiger charge is -2.10. The van der Waals surface area contributed by atoms with E-state index in [2.05, 4.69) is 6.58 Å². The van der Waals surface area contributed by atoms with Gasteiger partial charge in [0.1, 0.15) is 11.5 Å². The first-order valence-electron chi connectivity index (χ1n) is 6.85. The Balaban J connectivity index is 2.47. The molecule has 0 heterocycles. The normalized spacial score (nSPS) is 9.73. The predicted molar refractivity (Wildman–Crippen MR) is 88.3 cm³/mol. The Kier molecular flexibility index (Phi) is 5.15. The number of carbonyl (C=O) groups excluding carboxylic acids is 1. The average Bonchev–Trinajstić information content (AvgIpc) is 2.59. The Morgan fingerprint density at radius 3 is 1.59 bits per heavy atom. The molecule has 0 bridgehead atoms. The summed E-state index contributed by atoms with van der Waals surface area (Å²) in [5.41, 5.74) is 2.69. The van der Waals surface area contributed by atoms with Gasteiger partial charge in [0.25, 0.3) is 0 Å². The molecule has 0 aliphatic carbocycles. The summed E-state index contributed by atoms with van der Waals surface area (Å²) in [6, 6.07) is 15.2. The molecule has 0 fully saturated rings. The van der Waals surface area contributed by atoms with Crippen LogP contribution in [0.3, 0.4) is 0 Å². The fourth-order valence-corrected chi connectivity index (χ4v) is 2.08. The van der Waals surface area contributed by atoms with Gasteiger partial charge in [-0.25, -0.2) is 0 Å². The van der Waals surface area contributed by atoms with Gasteiger partial charge in [0.15, 0.2) is 5.78 Å². The van der Waals surface area contributed by atoms with Crippen LogP contribution >= 0.6 is 0 Å². The molecule has 0 unspecified atom stereocenters. The fraction of sp³-hybridized carbons (Fsp3) is 0.105. The number of allylic oxidation sites excluding steroid dienone is 2. The lowest BCUT2D eigenvalue weighted by molar-refractivity contribution is -0.110. The lowest BCUT2D eigenvalue weighted by atomic mass is 9.96. The zero-order chi connectivity index (χ0) is 15.9. The number of methoxy groups -OCH3 is 2. The van der Waals surface area contributed by atoms with Crippen molar-refractivity contribution in [3.8, 4) is 11.5 Å². The van der Waals surface area contributed by atoms with Gasteiger partial charge in [-0.2, -0.15) is 0 Å². The number of carbonyl (C=O) groups is 1. The minimum absolute atomic E-state index is 0.137. The molecule has 0 aliphatic rings. The zero-order valence-corrected chi connectivity index (χ0v) is 12.7. The summed E-state index contributed by atoms with van der Waals surface area (Å²) in [6.07, 6.45) is 2.88.